The van der Waals surface area contributed by atoms with Gasteiger partial charge in [-0.15, -0.1) is 5.10 Å². The number of nitrogens with one attached hydrogen (secondary N) is 1. The van der Waals surface area contributed by atoms with Crippen LogP contribution in [0.3, 0.4) is 0 Å². The third-order valence-corrected chi connectivity index (χ3v) is 3.20. The molecule has 82 valence electrons. The van der Waals surface area contributed by atoms with Crippen molar-refractivity contribution in [2.75, 3.05) is 20.1 Å². The van der Waals surface area contributed by atoms with Gasteiger partial charge in [0.1, 0.15) is 0 Å². The lowest BCUT2D eigenvalue weighted by Gasteiger charge is -2.31. The van der Waals surface area contributed by atoms with Crippen molar-refractivity contribution >= 4 is 17.4 Å². The highest BCUT2D eigenvalue weighted by molar-refractivity contribution is 7.03. The molecule has 0 radical (unpaired) electrons. The summed E-state index contributed by atoms with van der Waals surface area (Å²) in [6, 6.07) is 0.411. The van der Waals surface area contributed by atoms with Crippen molar-refractivity contribution in [3.05, 3.63) is 11.1 Å². The summed E-state index contributed by atoms with van der Waals surface area (Å²) in [5, 5.41) is 8.71. The van der Waals surface area contributed by atoms with Crippen LogP contribution in [0, 0.1) is 0 Å². The highest BCUT2D eigenvalue weighted by Crippen LogP contribution is 2.12. The minimum absolute atomic E-state index is 0.00343. The van der Waals surface area contributed by atoms with E-state index < -0.39 is 0 Å². The lowest BCUT2D eigenvalue weighted by atomic mass is 10.1. The van der Waals surface area contributed by atoms with Gasteiger partial charge in [-0.05, 0) is 31.4 Å². The van der Waals surface area contributed by atoms with E-state index in [2.05, 4.69) is 14.9 Å². The number of nitrogens with zero attached hydrogens (tertiary/aromatic N) is 3. The van der Waals surface area contributed by atoms with Gasteiger partial charge in [0.25, 0.3) is 5.91 Å². The van der Waals surface area contributed by atoms with Crippen LogP contribution >= 0.6 is 11.5 Å². The van der Waals surface area contributed by atoms with Crippen molar-refractivity contribution in [2.24, 2.45) is 0 Å². The largest absolute Gasteiger partial charge is 0.336 e. The van der Waals surface area contributed by atoms with Crippen LogP contribution in [0.5, 0.6) is 0 Å². The molecule has 6 heteroatoms. The fourth-order valence-corrected chi connectivity index (χ4v) is 2.25. The van der Waals surface area contributed by atoms with Crippen LogP contribution in [-0.4, -0.2) is 46.6 Å². The van der Waals surface area contributed by atoms with Gasteiger partial charge in [0.2, 0.25) is 0 Å². The van der Waals surface area contributed by atoms with Crippen molar-refractivity contribution in [3.8, 4) is 0 Å². The Morgan fingerprint density at radius 2 is 2.60 bits per heavy atom. The standard InChI is InChI=1S/C9H14N4OS/c1-10-7-3-2-4-13(5-7)9(14)8-6-15-12-11-8/h6-7,10H,2-5H2,1H3. The number of carbonyl (C=O) groups is 1. The second kappa shape index (κ2) is 4.67. The molecule has 0 aromatic carbocycles. The van der Waals surface area contributed by atoms with Gasteiger partial charge in [0, 0.05) is 24.5 Å². The Labute approximate surface area is 92.6 Å². The fraction of sp³-hybridized carbons (Fsp3) is 0.667. The van der Waals surface area contributed by atoms with E-state index in [4.69, 9.17) is 0 Å². The quantitative estimate of drug-likeness (QED) is 0.791. The van der Waals surface area contributed by atoms with Gasteiger partial charge in [-0.25, -0.2) is 0 Å². The third kappa shape index (κ3) is 2.32. The molecular weight excluding hydrogens is 212 g/mol. The fourth-order valence-electron chi connectivity index (χ4n) is 1.82. The lowest BCUT2D eigenvalue weighted by molar-refractivity contribution is 0.0692. The third-order valence-electron chi connectivity index (χ3n) is 2.70. The monoisotopic (exact) mass is 226 g/mol. The number of aromatic nitrogens is 2. The van der Waals surface area contributed by atoms with Crippen molar-refractivity contribution < 1.29 is 4.79 Å². The maximum Gasteiger partial charge on any atom is 0.275 e. The Morgan fingerprint density at radius 1 is 1.73 bits per heavy atom. The smallest absolute Gasteiger partial charge is 0.275 e. The highest BCUT2D eigenvalue weighted by Gasteiger charge is 2.24. The van der Waals surface area contributed by atoms with E-state index >= 15 is 0 Å². The first-order chi connectivity index (χ1) is 7.31. The molecule has 1 amide bonds. The molecule has 1 fully saturated rings. The molecule has 2 heterocycles. The van der Waals surface area contributed by atoms with E-state index in [1.807, 2.05) is 11.9 Å². The van der Waals surface area contributed by atoms with Crippen molar-refractivity contribution in [1.29, 1.82) is 0 Å². The zero-order chi connectivity index (χ0) is 10.7. The van der Waals surface area contributed by atoms with Crippen LogP contribution in [0.1, 0.15) is 23.3 Å². The molecule has 0 bridgehead atoms. The van der Waals surface area contributed by atoms with E-state index in [0.29, 0.717) is 11.7 Å². The molecule has 1 aromatic rings. The predicted molar refractivity (Wildman–Crippen MR) is 57.9 cm³/mol. The highest BCUT2D eigenvalue weighted by atomic mass is 32.1. The molecule has 5 nitrogen and oxygen atoms in total. The lowest BCUT2D eigenvalue weighted by Crippen LogP contribution is -2.47. The van der Waals surface area contributed by atoms with Gasteiger partial charge in [-0.1, -0.05) is 4.49 Å². The van der Waals surface area contributed by atoms with Gasteiger partial charge in [-0.3, -0.25) is 4.79 Å². The second-order valence-electron chi connectivity index (χ2n) is 3.67. The van der Waals surface area contributed by atoms with E-state index in [1.165, 1.54) is 11.5 Å². The normalized spacial score (nSPS) is 21.7. The molecule has 1 aliphatic heterocycles. The maximum atomic E-state index is 11.9. The van der Waals surface area contributed by atoms with Gasteiger partial charge in [0.15, 0.2) is 5.69 Å². The van der Waals surface area contributed by atoms with Gasteiger partial charge in [0.05, 0.1) is 0 Å². The first-order valence-corrected chi connectivity index (χ1v) is 5.88. The molecule has 2 rings (SSSR count). The molecule has 1 atom stereocenters. The summed E-state index contributed by atoms with van der Waals surface area (Å²) in [5.41, 5.74) is 0.469. The summed E-state index contributed by atoms with van der Waals surface area (Å²) in [7, 11) is 1.93. The molecule has 1 N–H and O–H groups in total. The number of amides is 1. The molecule has 1 saturated heterocycles. The maximum absolute atomic E-state index is 11.9. The Hall–Kier alpha value is -1.01. The van der Waals surface area contributed by atoms with Crippen molar-refractivity contribution in [1.82, 2.24) is 19.8 Å². The first-order valence-electron chi connectivity index (χ1n) is 5.05. The minimum Gasteiger partial charge on any atom is -0.336 e. The van der Waals surface area contributed by atoms with Crippen LogP contribution in [0.2, 0.25) is 0 Å². The number of likely N-dealkylation sites (N-methyl/N-ethyl adjacent to an activating group) is 1. The van der Waals surface area contributed by atoms with Crippen LogP contribution < -0.4 is 5.32 Å². The van der Waals surface area contributed by atoms with E-state index in [9.17, 15) is 4.79 Å². The second-order valence-corrected chi connectivity index (χ2v) is 4.28. The Balaban J connectivity index is 2.01. The average molecular weight is 226 g/mol. The Kier molecular flexibility index (Phi) is 3.27. The SMILES string of the molecule is CNC1CCCN(C(=O)c2csnn2)C1. The number of hydrogen-bond donors (Lipinski definition) is 1. The predicted octanol–water partition coefficient (Wildman–Crippen LogP) is 0.362. The first kappa shape index (κ1) is 10.5. The van der Waals surface area contributed by atoms with E-state index in [0.717, 1.165) is 25.9 Å². The number of likely N-dealkylation sites (tertiary alicyclic amines) is 1. The zero-order valence-corrected chi connectivity index (χ0v) is 9.46. The number of piperidine rings is 1. The van der Waals surface area contributed by atoms with Gasteiger partial charge in [-0.2, -0.15) is 0 Å². The van der Waals surface area contributed by atoms with Crippen molar-refractivity contribution in [2.45, 2.75) is 18.9 Å². The Bertz CT molecular complexity index is 327. The number of rotatable bonds is 2. The summed E-state index contributed by atoms with van der Waals surface area (Å²) in [6.45, 7) is 1.60. The molecule has 0 spiro atoms. The topological polar surface area (TPSA) is 58.1 Å². The Morgan fingerprint density at radius 3 is 3.27 bits per heavy atom. The van der Waals surface area contributed by atoms with Crippen LogP contribution in [0.4, 0.5) is 0 Å². The molecule has 15 heavy (non-hydrogen) atoms. The molecule has 1 aliphatic rings. The van der Waals surface area contributed by atoms with Crippen LogP contribution in [0.25, 0.3) is 0 Å². The summed E-state index contributed by atoms with van der Waals surface area (Å²) < 4.78 is 3.71. The molecule has 0 aliphatic carbocycles. The van der Waals surface area contributed by atoms with Gasteiger partial charge < -0.3 is 10.2 Å². The molecule has 0 saturated carbocycles. The van der Waals surface area contributed by atoms with Crippen LogP contribution in [0.15, 0.2) is 5.38 Å². The van der Waals surface area contributed by atoms with Gasteiger partial charge >= 0.3 is 0 Å². The van der Waals surface area contributed by atoms with E-state index in [1.54, 1.807) is 5.38 Å². The van der Waals surface area contributed by atoms with E-state index in [-0.39, 0.29) is 5.91 Å². The molecule has 1 unspecified atom stereocenters. The number of carbonyl (C=O) groups excluding carboxylic acids is 1. The molecule has 1 aromatic heterocycles. The summed E-state index contributed by atoms with van der Waals surface area (Å²) in [5.74, 6) is 0.00343. The summed E-state index contributed by atoms with van der Waals surface area (Å²) in [4.78, 5) is 13.8. The number of hydrogen-bond acceptors (Lipinski definition) is 5. The average Bonchev–Trinajstić information content (AvgIpc) is 2.81. The zero-order valence-electron chi connectivity index (χ0n) is 8.64. The van der Waals surface area contributed by atoms with Crippen LogP contribution in [-0.2, 0) is 0 Å². The summed E-state index contributed by atoms with van der Waals surface area (Å²) >= 11 is 1.21. The van der Waals surface area contributed by atoms with Crippen molar-refractivity contribution in [3.63, 3.8) is 0 Å². The molecular formula is C9H14N4OS. The minimum atomic E-state index is 0.00343. The summed E-state index contributed by atoms with van der Waals surface area (Å²) in [6.07, 6.45) is 2.18.